The lowest BCUT2D eigenvalue weighted by atomic mass is 9.80. The summed E-state index contributed by atoms with van der Waals surface area (Å²) >= 11 is 0. The second-order valence-corrected chi connectivity index (χ2v) is 12.6. The molecule has 8 nitrogen and oxygen atoms in total. The molecule has 1 saturated carbocycles. The summed E-state index contributed by atoms with van der Waals surface area (Å²) in [5, 5.41) is 16.7. The molecule has 3 N–H and O–H groups in total. The first kappa shape index (κ1) is 30.2. The fourth-order valence-corrected chi connectivity index (χ4v) is 7.02. The Morgan fingerprint density at radius 1 is 0.952 bits per heavy atom. The predicted octanol–water partition coefficient (Wildman–Crippen LogP) is 3.79. The van der Waals surface area contributed by atoms with E-state index in [-0.39, 0.29) is 17.7 Å². The lowest BCUT2D eigenvalue weighted by molar-refractivity contribution is -0.163. The highest BCUT2D eigenvalue weighted by Crippen LogP contribution is 2.38. The molecule has 42 heavy (non-hydrogen) atoms. The monoisotopic (exact) mass is 574 g/mol. The van der Waals surface area contributed by atoms with Gasteiger partial charge in [0.1, 0.15) is 11.6 Å². The van der Waals surface area contributed by atoms with E-state index >= 15 is 0 Å². The van der Waals surface area contributed by atoms with Crippen molar-refractivity contribution in [2.24, 2.45) is 0 Å². The molecule has 0 unspecified atom stereocenters. The minimum Gasteiger partial charge on any atom is -0.390 e. The van der Waals surface area contributed by atoms with Crippen molar-refractivity contribution in [1.82, 2.24) is 20.4 Å². The quantitative estimate of drug-likeness (QED) is 0.401. The van der Waals surface area contributed by atoms with Crippen molar-refractivity contribution in [2.45, 2.75) is 94.9 Å². The van der Waals surface area contributed by atoms with E-state index in [9.17, 15) is 19.5 Å². The Labute approximate surface area is 249 Å². The average molecular weight is 575 g/mol. The molecule has 3 amide bonds. The lowest BCUT2D eigenvalue weighted by Gasteiger charge is -2.52. The fourth-order valence-electron chi connectivity index (χ4n) is 7.02. The Hall–Kier alpha value is -3.23. The molecular weight excluding hydrogens is 528 g/mol. The number of unbranched alkanes of at least 4 members (excludes halogenated alkanes) is 1. The van der Waals surface area contributed by atoms with Gasteiger partial charge in [-0.3, -0.25) is 19.3 Å². The number of nitrogens with zero attached hydrogens (tertiary/aromatic N) is 2. The number of carbonyl (C=O) groups is 3. The first-order chi connectivity index (χ1) is 20.2. The molecule has 0 aromatic heterocycles. The third-order valence-electron chi connectivity index (χ3n) is 9.63. The smallest absolute Gasteiger partial charge is 0.251 e. The van der Waals surface area contributed by atoms with Crippen molar-refractivity contribution < 1.29 is 19.5 Å². The zero-order chi connectivity index (χ0) is 29.7. The van der Waals surface area contributed by atoms with Gasteiger partial charge in [-0.25, -0.2) is 0 Å². The minimum absolute atomic E-state index is 0.0179. The van der Waals surface area contributed by atoms with Crippen LogP contribution in [-0.4, -0.2) is 76.5 Å². The first-order valence-electron chi connectivity index (χ1n) is 15.7. The second kappa shape index (κ2) is 13.0. The molecule has 3 aliphatic rings. The van der Waals surface area contributed by atoms with Crippen LogP contribution in [0.15, 0.2) is 48.5 Å². The van der Waals surface area contributed by atoms with Gasteiger partial charge in [-0.05, 0) is 67.3 Å². The number of rotatable bonds is 10. The summed E-state index contributed by atoms with van der Waals surface area (Å²) in [6.45, 7) is 5.00. The summed E-state index contributed by atoms with van der Waals surface area (Å²) in [5.74, 6) is -0.144. The van der Waals surface area contributed by atoms with Gasteiger partial charge < -0.3 is 20.6 Å². The zero-order valence-electron chi connectivity index (χ0n) is 25.2. The molecule has 1 spiro atoms. The number of likely N-dealkylation sites (tertiary alicyclic amines) is 1. The maximum Gasteiger partial charge on any atom is 0.251 e. The third-order valence-corrected chi connectivity index (χ3v) is 9.63. The van der Waals surface area contributed by atoms with Crippen molar-refractivity contribution in [3.8, 4) is 0 Å². The van der Waals surface area contributed by atoms with Gasteiger partial charge in [-0.15, -0.1) is 0 Å². The SMILES string of the molecule is CCCCN1C(=O)[C@@H](CC2(O)CCCC2)NC(=O)C12CCN(Cc1ccc(Cc3ccc(C(=O)NC)cc3)cc1)CC2. The highest BCUT2D eigenvalue weighted by molar-refractivity contribution is 6.00. The van der Waals surface area contributed by atoms with Crippen LogP contribution in [0.4, 0.5) is 0 Å². The number of piperazine rings is 1. The molecule has 8 heteroatoms. The van der Waals surface area contributed by atoms with E-state index in [2.05, 4.69) is 46.7 Å². The van der Waals surface area contributed by atoms with Crippen LogP contribution >= 0.6 is 0 Å². The zero-order valence-corrected chi connectivity index (χ0v) is 25.2. The van der Waals surface area contributed by atoms with Gasteiger partial charge in [0, 0.05) is 45.2 Å². The van der Waals surface area contributed by atoms with Crippen LogP contribution in [0.1, 0.15) is 91.8 Å². The van der Waals surface area contributed by atoms with Crippen molar-refractivity contribution in [3.05, 3.63) is 70.8 Å². The first-order valence-corrected chi connectivity index (χ1v) is 15.7. The Morgan fingerprint density at radius 3 is 2.14 bits per heavy atom. The summed E-state index contributed by atoms with van der Waals surface area (Å²) in [7, 11) is 1.63. The Kier molecular flexibility index (Phi) is 9.33. The molecular formula is C34H46N4O4. The molecule has 2 heterocycles. The fraction of sp³-hybridized carbons (Fsp3) is 0.559. The summed E-state index contributed by atoms with van der Waals surface area (Å²) in [6, 6.07) is 15.7. The lowest BCUT2D eigenvalue weighted by Crippen LogP contribution is -2.73. The number of aliphatic hydroxyl groups is 1. The van der Waals surface area contributed by atoms with Gasteiger partial charge in [0.05, 0.1) is 5.60 Å². The van der Waals surface area contributed by atoms with Crippen LogP contribution in [-0.2, 0) is 22.6 Å². The summed E-state index contributed by atoms with van der Waals surface area (Å²) < 4.78 is 0. The summed E-state index contributed by atoms with van der Waals surface area (Å²) in [4.78, 5) is 43.5. The maximum absolute atomic E-state index is 13.7. The molecule has 5 rings (SSSR count). The summed E-state index contributed by atoms with van der Waals surface area (Å²) in [5.41, 5.74) is 2.61. The Morgan fingerprint density at radius 2 is 1.55 bits per heavy atom. The number of piperidine rings is 1. The van der Waals surface area contributed by atoms with Crippen LogP contribution in [0.3, 0.4) is 0 Å². The summed E-state index contributed by atoms with van der Waals surface area (Å²) in [6.07, 6.45) is 7.54. The van der Waals surface area contributed by atoms with E-state index in [1.807, 2.05) is 29.2 Å². The van der Waals surface area contributed by atoms with Gasteiger partial charge in [0.15, 0.2) is 0 Å². The number of hydrogen-bond acceptors (Lipinski definition) is 5. The van der Waals surface area contributed by atoms with Gasteiger partial charge in [0.25, 0.3) is 5.91 Å². The molecule has 0 radical (unpaired) electrons. The molecule has 2 aromatic rings. The number of carbonyl (C=O) groups excluding carboxylic acids is 3. The van der Waals surface area contributed by atoms with Crippen molar-refractivity contribution in [2.75, 3.05) is 26.7 Å². The number of hydrogen-bond donors (Lipinski definition) is 3. The highest BCUT2D eigenvalue weighted by atomic mass is 16.3. The minimum atomic E-state index is -0.842. The van der Waals surface area contributed by atoms with Gasteiger partial charge in [-0.2, -0.15) is 0 Å². The van der Waals surface area contributed by atoms with Gasteiger partial charge >= 0.3 is 0 Å². The van der Waals surface area contributed by atoms with Crippen LogP contribution in [0, 0.1) is 0 Å². The highest BCUT2D eigenvalue weighted by Gasteiger charge is 2.54. The standard InChI is InChI=1S/C34H46N4O4/c1-3-4-19-38-31(40)29(23-33(42)15-5-6-16-33)36-32(41)34(38)17-20-37(21-18-34)24-27-9-7-25(8-10-27)22-26-11-13-28(14-12-26)30(39)35-2/h7-14,29,42H,3-6,15-24H2,1-2H3,(H,35,39)(H,36,41)/t29-/m1/s1. The molecule has 2 aliphatic heterocycles. The number of benzene rings is 2. The Balaban J connectivity index is 1.19. The predicted molar refractivity (Wildman–Crippen MR) is 163 cm³/mol. The maximum atomic E-state index is 13.7. The second-order valence-electron chi connectivity index (χ2n) is 12.6. The van der Waals surface area contributed by atoms with Crippen LogP contribution in [0.25, 0.3) is 0 Å². The normalized spacial score (nSPS) is 21.9. The van der Waals surface area contributed by atoms with Crippen molar-refractivity contribution in [3.63, 3.8) is 0 Å². The van der Waals surface area contributed by atoms with Crippen LogP contribution in [0.2, 0.25) is 0 Å². The van der Waals surface area contributed by atoms with Crippen LogP contribution < -0.4 is 10.6 Å². The molecule has 1 atom stereocenters. The molecule has 3 fully saturated rings. The van der Waals surface area contributed by atoms with E-state index in [4.69, 9.17) is 0 Å². The topological polar surface area (TPSA) is 102 Å². The molecule has 1 aliphatic carbocycles. The molecule has 0 bridgehead atoms. The molecule has 226 valence electrons. The number of amides is 3. The Bertz CT molecular complexity index is 1250. The van der Waals surface area contributed by atoms with E-state index in [1.54, 1.807) is 7.05 Å². The third kappa shape index (κ3) is 6.55. The van der Waals surface area contributed by atoms with Crippen molar-refractivity contribution in [1.29, 1.82) is 0 Å². The largest absolute Gasteiger partial charge is 0.390 e. The average Bonchev–Trinajstić information content (AvgIpc) is 3.43. The van der Waals surface area contributed by atoms with Crippen molar-refractivity contribution >= 4 is 17.7 Å². The van der Waals surface area contributed by atoms with E-state index in [1.165, 1.54) is 11.1 Å². The van der Waals surface area contributed by atoms with Crippen LogP contribution in [0.5, 0.6) is 0 Å². The van der Waals surface area contributed by atoms with Gasteiger partial charge in [-0.1, -0.05) is 62.6 Å². The molecule has 2 aromatic carbocycles. The van der Waals surface area contributed by atoms with E-state index in [0.717, 1.165) is 57.3 Å². The molecule has 2 saturated heterocycles. The van der Waals surface area contributed by atoms with E-state index < -0.39 is 17.2 Å². The number of nitrogens with one attached hydrogen (secondary N) is 2. The van der Waals surface area contributed by atoms with E-state index in [0.29, 0.717) is 44.2 Å². The van der Waals surface area contributed by atoms with Gasteiger partial charge in [0.2, 0.25) is 11.8 Å².